The number of aliphatic hydroxyl groups excluding tert-OH is 2. The summed E-state index contributed by atoms with van der Waals surface area (Å²) < 4.78 is 34.2. The van der Waals surface area contributed by atoms with Gasteiger partial charge in [0, 0.05) is 25.2 Å². The minimum atomic E-state index is -0.608. The molecule has 2 atom stereocenters. The smallest absolute Gasteiger partial charge is 0.161 e. The van der Waals surface area contributed by atoms with Crippen LogP contribution in [0.1, 0.15) is 27.7 Å². The summed E-state index contributed by atoms with van der Waals surface area (Å²) in [6, 6.07) is 15.3. The molecule has 10 heteroatoms. The fraction of sp³-hybridized carbons (Fsp3) is 0.600. The molecule has 0 aliphatic heterocycles. The molecule has 0 aliphatic carbocycles. The largest absolute Gasteiger partial charge is 0.487 e. The molecule has 10 nitrogen and oxygen atoms in total. The Morgan fingerprint density at radius 2 is 0.850 bits per heavy atom. The maximum Gasteiger partial charge on any atom is 0.161 e. The number of nitrogens with one attached hydrogen (secondary N) is 2. The van der Waals surface area contributed by atoms with Crippen molar-refractivity contribution in [3.05, 3.63) is 48.5 Å². The van der Waals surface area contributed by atoms with E-state index in [0.717, 1.165) is 0 Å². The molecule has 0 spiro atoms. The highest BCUT2D eigenvalue weighted by molar-refractivity contribution is 5.40. The van der Waals surface area contributed by atoms with Crippen LogP contribution in [-0.2, 0) is 9.47 Å². The van der Waals surface area contributed by atoms with Crippen LogP contribution >= 0.6 is 0 Å². The summed E-state index contributed by atoms with van der Waals surface area (Å²) in [5.41, 5.74) is 0. The maximum absolute atomic E-state index is 10.1. The Labute approximate surface area is 238 Å². The first-order chi connectivity index (χ1) is 19.3. The first kappa shape index (κ1) is 33.6. The summed E-state index contributed by atoms with van der Waals surface area (Å²) >= 11 is 0. The molecule has 0 bridgehead atoms. The number of benzene rings is 2. The molecule has 0 unspecified atom stereocenters. The third-order valence-corrected chi connectivity index (χ3v) is 5.43. The molecule has 2 aromatic carbocycles. The highest BCUT2D eigenvalue weighted by atomic mass is 16.6. The van der Waals surface area contributed by atoms with Gasteiger partial charge in [0.15, 0.2) is 23.0 Å². The molecule has 0 aromatic heterocycles. The number of rotatable bonds is 23. The van der Waals surface area contributed by atoms with E-state index in [9.17, 15) is 10.2 Å². The van der Waals surface area contributed by atoms with E-state index in [4.69, 9.17) is 28.4 Å². The summed E-state index contributed by atoms with van der Waals surface area (Å²) in [5, 5.41) is 26.5. The van der Waals surface area contributed by atoms with Crippen LogP contribution in [0.2, 0.25) is 0 Å². The lowest BCUT2D eigenvalue weighted by Gasteiger charge is -2.17. The lowest BCUT2D eigenvalue weighted by atomic mass is 10.3. The van der Waals surface area contributed by atoms with Crippen LogP contribution in [0.15, 0.2) is 48.5 Å². The average molecular weight is 565 g/mol. The zero-order valence-corrected chi connectivity index (χ0v) is 24.3. The number of para-hydroxylation sites is 4. The van der Waals surface area contributed by atoms with Gasteiger partial charge in [-0.15, -0.1) is 0 Å². The van der Waals surface area contributed by atoms with E-state index in [1.807, 2.05) is 76.2 Å². The third kappa shape index (κ3) is 15.3. The Morgan fingerprint density at radius 1 is 0.525 bits per heavy atom. The predicted molar refractivity (Wildman–Crippen MR) is 155 cm³/mol. The Hall–Kier alpha value is -2.60. The van der Waals surface area contributed by atoms with E-state index in [1.54, 1.807) is 0 Å². The van der Waals surface area contributed by atoms with Gasteiger partial charge in [0.25, 0.3) is 0 Å². The Kier molecular flexibility index (Phi) is 17.1. The van der Waals surface area contributed by atoms with Crippen molar-refractivity contribution in [2.24, 2.45) is 0 Å². The molecule has 0 amide bonds. The van der Waals surface area contributed by atoms with Gasteiger partial charge in [-0.25, -0.2) is 0 Å². The lowest BCUT2D eigenvalue weighted by molar-refractivity contribution is 0.0264. The van der Waals surface area contributed by atoms with Gasteiger partial charge in [-0.1, -0.05) is 52.0 Å². The van der Waals surface area contributed by atoms with Crippen LogP contribution in [0.4, 0.5) is 0 Å². The second kappa shape index (κ2) is 20.3. The molecule has 2 aromatic rings. The summed E-state index contributed by atoms with van der Waals surface area (Å²) in [6.45, 7) is 11.8. The molecule has 2 rings (SSSR count). The van der Waals surface area contributed by atoms with Crippen molar-refractivity contribution in [1.29, 1.82) is 0 Å². The van der Waals surface area contributed by atoms with Gasteiger partial charge in [0.1, 0.15) is 38.6 Å². The Morgan fingerprint density at radius 3 is 1.20 bits per heavy atom. The molecule has 0 fully saturated rings. The monoisotopic (exact) mass is 564 g/mol. The van der Waals surface area contributed by atoms with Gasteiger partial charge in [-0.2, -0.15) is 0 Å². The lowest BCUT2D eigenvalue weighted by Crippen LogP contribution is -2.35. The fourth-order valence-electron chi connectivity index (χ4n) is 3.35. The quantitative estimate of drug-likeness (QED) is 0.150. The molecule has 4 N–H and O–H groups in total. The predicted octanol–water partition coefficient (Wildman–Crippen LogP) is 2.65. The molecular formula is C30H48N2O8. The molecule has 0 saturated carbocycles. The van der Waals surface area contributed by atoms with E-state index < -0.39 is 12.2 Å². The standard InChI is InChI=1S/C30H48N2O8/c1-23(2)31-19-25(33)21-39-29-11-7-5-9-27(29)37-17-15-35-13-14-36-16-18-38-28-10-6-8-12-30(28)40-22-26(34)20-32-24(3)4/h5-12,23-26,31-34H,13-22H2,1-4H3/t25-,26+. The van der Waals surface area contributed by atoms with E-state index in [0.29, 0.717) is 87.8 Å². The number of hydrogen-bond donors (Lipinski definition) is 4. The van der Waals surface area contributed by atoms with Crippen LogP contribution in [0, 0.1) is 0 Å². The molecule has 0 radical (unpaired) electrons. The molecule has 0 heterocycles. The minimum absolute atomic E-state index is 0.176. The van der Waals surface area contributed by atoms with Crippen LogP contribution < -0.4 is 29.6 Å². The zero-order valence-electron chi connectivity index (χ0n) is 24.3. The normalized spacial score (nSPS) is 12.9. The zero-order chi connectivity index (χ0) is 29.0. The van der Waals surface area contributed by atoms with Crippen LogP contribution in [0.5, 0.6) is 23.0 Å². The van der Waals surface area contributed by atoms with Gasteiger partial charge in [-0.05, 0) is 24.3 Å². The Bertz CT molecular complexity index is 841. The first-order valence-corrected chi connectivity index (χ1v) is 14.0. The summed E-state index contributed by atoms with van der Waals surface area (Å²) in [6.07, 6.45) is -1.22. The maximum atomic E-state index is 10.1. The van der Waals surface area contributed by atoms with E-state index in [2.05, 4.69) is 10.6 Å². The number of hydrogen-bond acceptors (Lipinski definition) is 10. The molecule has 40 heavy (non-hydrogen) atoms. The van der Waals surface area contributed by atoms with Crippen molar-refractivity contribution in [1.82, 2.24) is 10.6 Å². The van der Waals surface area contributed by atoms with Crippen LogP contribution in [-0.4, -0.2) is 100 Å². The van der Waals surface area contributed by atoms with E-state index >= 15 is 0 Å². The topological polar surface area (TPSA) is 120 Å². The van der Waals surface area contributed by atoms with Crippen molar-refractivity contribution in [2.75, 3.05) is 65.9 Å². The van der Waals surface area contributed by atoms with Crippen molar-refractivity contribution in [2.45, 2.75) is 52.0 Å². The van der Waals surface area contributed by atoms with Gasteiger partial charge < -0.3 is 49.3 Å². The molecule has 0 aliphatic rings. The van der Waals surface area contributed by atoms with Gasteiger partial charge in [0.2, 0.25) is 0 Å². The number of aliphatic hydroxyl groups is 2. The van der Waals surface area contributed by atoms with E-state index in [1.165, 1.54) is 0 Å². The average Bonchev–Trinajstić information content (AvgIpc) is 2.94. The highest BCUT2D eigenvalue weighted by Gasteiger charge is 2.11. The van der Waals surface area contributed by atoms with Gasteiger partial charge in [0.05, 0.1) is 26.4 Å². The molecule has 0 saturated heterocycles. The van der Waals surface area contributed by atoms with Crippen LogP contribution in [0.25, 0.3) is 0 Å². The summed E-state index contributed by atoms with van der Waals surface area (Å²) in [7, 11) is 0. The molecule has 226 valence electrons. The van der Waals surface area contributed by atoms with Gasteiger partial charge in [-0.3, -0.25) is 0 Å². The fourth-order valence-corrected chi connectivity index (χ4v) is 3.35. The second-order valence-corrected chi connectivity index (χ2v) is 9.87. The highest BCUT2D eigenvalue weighted by Crippen LogP contribution is 2.27. The summed E-state index contributed by atoms with van der Waals surface area (Å²) in [5.74, 6) is 2.38. The van der Waals surface area contributed by atoms with Gasteiger partial charge >= 0.3 is 0 Å². The van der Waals surface area contributed by atoms with Crippen molar-refractivity contribution >= 4 is 0 Å². The van der Waals surface area contributed by atoms with Crippen LogP contribution in [0.3, 0.4) is 0 Å². The van der Waals surface area contributed by atoms with Crippen molar-refractivity contribution in [3.63, 3.8) is 0 Å². The third-order valence-electron chi connectivity index (χ3n) is 5.43. The van der Waals surface area contributed by atoms with Crippen molar-refractivity contribution in [3.8, 4) is 23.0 Å². The molecular weight excluding hydrogens is 516 g/mol. The summed E-state index contributed by atoms with van der Waals surface area (Å²) in [4.78, 5) is 0. The minimum Gasteiger partial charge on any atom is -0.487 e. The first-order valence-electron chi connectivity index (χ1n) is 14.0. The van der Waals surface area contributed by atoms with E-state index in [-0.39, 0.29) is 13.2 Å². The second-order valence-electron chi connectivity index (χ2n) is 9.87. The van der Waals surface area contributed by atoms with Crippen molar-refractivity contribution < 1.29 is 38.6 Å². The Balaban J connectivity index is 1.54. The number of ether oxygens (including phenoxy) is 6. The SMILES string of the molecule is CC(C)NC[C@@H](O)COc1ccccc1OCCOCCOCCOc1ccccc1OC[C@@H](O)CNC(C)C.